The minimum Gasteiger partial charge on any atom is -0.508 e. The average Bonchev–Trinajstić information content (AvgIpc) is 3.48. The molecule has 2 aromatic rings. The Hall–Kier alpha value is -2.65. The second-order valence-electron chi connectivity index (χ2n) is 11.3. The zero-order chi connectivity index (χ0) is 32.0. The van der Waals surface area contributed by atoms with Crippen LogP contribution in [-0.2, 0) is 15.7 Å². The van der Waals surface area contributed by atoms with Crippen molar-refractivity contribution >= 4 is 5.91 Å². The molecule has 0 aliphatic carbocycles. The first kappa shape index (κ1) is 37.4. The number of aromatic hydroxyl groups is 1. The fourth-order valence-electron chi connectivity index (χ4n) is 4.65. The molecule has 0 bridgehead atoms. The van der Waals surface area contributed by atoms with Crippen LogP contribution in [0.4, 0.5) is 13.2 Å². The maximum atomic E-state index is 13.2. The first-order chi connectivity index (χ1) is 19.7. The van der Waals surface area contributed by atoms with Crippen LogP contribution in [0.3, 0.4) is 0 Å². The van der Waals surface area contributed by atoms with Gasteiger partial charge < -0.3 is 20.9 Å². The lowest BCUT2D eigenvalue weighted by molar-refractivity contribution is -0.141. The number of pyridine rings is 1. The number of nitrogens with one attached hydrogen (secondary N) is 1. The number of rotatable bonds is 10. The van der Waals surface area contributed by atoms with Gasteiger partial charge in [0.15, 0.2) is 0 Å². The average molecular weight is 596 g/mol. The second-order valence-corrected chi connectivity index (χ2v) is 11.3. The predicted molar refractivity (Wildman–Crippen MR) is 163 cm³/mol. The molecular weight excluding hydrogens is 543 g/mol. The fraction of sp³-hybridized carbons (Fsp3) is 0.636. The molecule has 0 spiro atoms. The molecule has 2 heterocycles. The van der Waals surface area contributed by atoms with Crippen LogP contribution in [0.5, 0.6) is 5.75 Å². The minimum atomic E-state index is -4.56. The zero-order valence-electron chi connectivity index (χ0n) is 26.6. The Labute approximate surface area is 250 Å². The fourth-order valence-corrected chi connectivity index (χ4v) is 4.65. The van der Waals surface area contributed by atoms with E-state index in [9.17, 15) is 18.0 Å². The number of carbonyl (C=O) groups is 1. The van der Waals surface area contributed by atoms with Gasteiger partial charge in [0.05, 0.1) is 11.8 Å². The van der Waals surface area contributed by atoms with E-state index in [-0.39, 0.29) is 17.5 Å². The van der Waals surface area contributed by atoms with E-state index >= 15 is 0 Å². The molecule has 0 saturated carbocycles. The molecule has 1 amide bonds. The quantitative estimate of drug-likeness (QED) is 0.239. The van der Waals surface area contributed by atoms with Gasteiger partial charge in [0.1, 0.15) is 17.6 Å². The summed E-state index contributed by atoms with van der Waals surface area (Å²) in [7, 11) is 0. The number of ether oxygens (including phenoxy) is 1. The first-order valence-electron chi connectivity index (χ1n) is 15.2. The van der Waals surface area contributed by atoms with E-state index in [0.29, 0.717) is 36.2 Å². The van der Waals surface area contributed by atoms with Crippen LogP contribution in [0, 0.1) is 31.6 Å². The van der Waals surface area contributed by atoms with E-state index < -0.39 is 24.1 Å². The lowest BCUT2D eigenvalue weighted by atomic mass is 9.88. The summed E-state index contributed by atoms with van der Waals surface area (Å²) in [5.74, 6) is 0.870. The summed E-state index contributed by atoms with van der Waals surface area (Å²) in [5.41, 5.74) is 8.18. The normalized spacial score (nSPS) is 16.9. The van der Waals surface area contributed by atoms with Crippen LogP contribution in [0.25, 0.3) is 0 Å². The molecule has 4 atom stereocenters. The Morgan fingerprint density at radius 3 is 2.29 bits per heavy atom. The number of aromatic nitrogens is 1. The molecule has 1 saturated heterocycles. The van der Waals surface area contributed by atoms with Crippen molar-refractivity contribution in [2.45, 2.75) is 112 Å². The molecule has 238 valence electrons. The number of nitrogens with zero attached hydrogens (tertiary/aromatic N) is 1. The van der Waals surface area contributed by atoms with Gasteiger partial charge in [-0.3, -0.25) is 4.79 Å². The summed E-state index contributed by atoms with van der Waals surface area (Å²) in [5, 5.41) is 11.8. The predicted octanol–water partition coefficient (Wildman–Crippen LogP) is 8.55. The van der Waals surface area contributed by atoms with Crippen LogP contribution in [0.2, 0.25) is 0 Å². The van der Waals surface area contributed by atoms with Crippen molar-refractivity contribution in [3.8, 4) is 5.75 Å². The largest absolute Gasteiger partial charge is 0.508 e. The Morgan fingerprint density at radius 1 is 1.12 bits per heavy atom. The Balaban J connectivity index is 0.000000673. The molecule has 0 radical (unpaired) electrons. The van der Waals surface area contributed by atoms with Crippen molar-refractivity contribution in [1.82, 2.24) is 10.3 Å². The molecule has 1 aliphatic rings. The summed E-state index contributed by atoms with van der Waals surface area (Å²) in [6.45, 7) is 16.9. The van der Waals surface area contributed by atoms with Gasteiger partial charge in [0, 0.05) is 18.1 Å². The summed E-state index contributed by atoms with van der Waals surface area (Å²) in [4.78, 5) is 16.8. The number of nitrogens with two attached hydrogens (primary N) is 1. The van der Waals surface area contributed by atoms with Gasteiger partial charge in [-0.15, -0.1) is 0 Å². The third kappa shape index (κ3) is 12.3. The molecule has 42 heavy (non-hydrogen) atoms. The number of phenolic OH excluding ortho intramolecular Hbond substituents is 1. The Bertz CT molecular complexity index is 1090. The number of alkyl halides is 3. The highest BCUT2D eigenvalue weighted by molar-refractivity contribution is 5.79. The van der Waals surface area contributed by atoms with Crippen molar-refractivity contribution in [2.24, 2.45) is 23.5 Å². The highest BCUT2D eigenvalue weighted by Gasteiger charge is 2.35. The van der Waals surface area contributed by atoms with Gasteiger partial charge in [0.25, 0.3) is 0 Å². The standard InChI is InChI=1S/C23H36F3N3O2.C8H10O.C2H6/c1-5-15(4)8-9-16(13-14(2)3)22(30)29-21(27)17-10-11-19(23(24,25)26)28-20(17)18-7-6-12-31-18;1-6-3-4-8(9)5-7(6)2;1-2/h10-11,14-16,18,21H,5-9,12-13,27H2,1-4H3,(H,29,30);3-5,9H,1-2H3;1-2H3. The van der Waals surface area contributed by atoms with Crippen molar-refractivity contribution in [3.05, 3.63) is 58.4 Å². The van der Waals surface area contributed by atoms with Crippen LogP contribution in [0.1, 0.15) is 120 Å². The SMILES string of the molecule is CC.CCC(C)CCC(CC(C)C)C(=O)NC(N)c1ccc(C(F)(F)F)nc1C1CCCO1.Cc1ccc(O)cc1C. The van der Waals surface area contributed by atoms with E-state index in [1.165, 1.54) is 11.6 Å². The van der Waals surface area contributed by atoms with Crippen LogP contribution < -0.4 is 11.1 Å². The van der Waals surface area contributed by atoms with Gasteiger partial charge >= 0.3 is 6.18 Å². The number of hydrogen-bond donors (Lipinski definition) is 3. The zero-order valence-corrected chi connectivity index (χ0v) is 26.6. The first-order valence-corrected chi connectivity index (χ1v) is 15.2. The number of halogens is 3. The number of hydrogen-bond acceptors (Lipinski definition) is 5. The van der Waals surface area contributed by atoms with E-state index in [1.54, 1.807) is 12.1 Å². The van der Waals surface area contributed by atoms with E-state index in [4.69, 9.17) is 15.6 Å². The van der Waals surface area contributed by atoms with Crippen molar-refractivity contribution < 1.29 is 27.8 Å². The summed E-state index contributed by atoms with van der Waals surface area (Å²) in [6.07, 6.45) is -1.23. The smallest absolute Gasteiger partial charge is 0.433 e. The van der Waals surface area contributed by atoms with Gasteiger partial charge in [-0.2, -0.15) is 13.2 Å². The molecular formula is C33H52F3N3O3. The Kier molecular flexibility index (Phi) is 16.1. The summed E-state index contributed by atoms with van der Waals surface area (Å²) >= 11 is 0. The number of aryl methyl sites for hydroxylation is 2. The third-order valence-electron chi connectivity index (χ3n) is 7.44. The molecule has 9 heteroatoms. The summed E-state index contributed by atoms with van der Waals surface area (Å²) < 4.78 is 45.2. The molecule has 3 rings (SSSR count). The lowest BCUT2D eigenvalue weighted by Crippen LogP contribution is -2.39. The lowest BCUT2D eigenvalue weighted by Gasteiger charge is -2.25. The van der Waals surface area contributed by atoms with Crippen LogP contribution >= 0.6 is 0 Å². The maximum Gasteiger partial charge on any atom is 0.433 e. The van der Waals surface area contributed by atoms with Gasteiger partial charge in [0.2, 0.25) is 5.91 Å². The number of benzene rings is 1. The number of amides is 1. The van der Waals surface area contributed by atoms with Crippen molar-refractivity contribution in [1.29, 1.82) is 0 Å². The molecule has 1 aliphatic heterocycles. The highest BCUT2D eigenvalue weighted by atomic mass is 19.4. The van der Waals surface area contributed by atoms with Gasteiger partial charge in [-0.1, -0.05) is 60.1 Å². The number of carbonyl (C=O) groups excluding carboxylic acids is 1. The molecule has 1 fully saturated rings. The molecule has 4 unspecified atom stereocenters. The second kappa shape index (κ2) is 18.1. The maximum absolute atomic E-state index is 13.2. The van der Waals surface area contributed by atoms with Crippen LogP contribution in [-0.4, -0.2) is 22.6 Å². The topological polar surface area (TPSA) is 97.5 Å². The highest BCUT2D eigenvalue weighted by Crippen LogP contribution is 2.35. The van der Waals surface area contributed by atoms with E-state index in [0.717, 1.165) is 43.7 Å². The van der Waals surface area contributed by atoms with Crippen molar-refractivity contribution in [2.75, 3.05) is 6.61 Å². The minimum absolute atomic E-state index is 0.164. The summed E-state index contributed by atoms with van der Waals surface area (Å²) in [6, 6.07) is 7.59. The molecule has 6 nitrogen and oxygen atoms in total. The van der Waals surface area contributed by atoms with E-state index in [2.05, 4.69) is 38.0 Å². The third-order valence-corrected chi connectivity index (χ3v) is 7.44. The monoisotopic (exact) mass is 595 g/mol. The van der Waals surface area contributed by atoms with E-state index in [1.807, 2.05) is 33.8 Å². The van der Waals surface area contributed by atoms with Crippen molar-refractivity contribution in [3.63, 3.8) is 0 Å². The number of phenols is 1. The van der Waals surface area contributed by atoms with Crippen LogP contribution in [0.15, 0.2) is 30.3 Å². The molecule has 1 aromatic heterocycles. The molecule has 1 aromatic carbocycles. The van der Waals surface area contributed by atoms with Gasteiger partial charge in [-0.05, 0) is 87.1 Å². The Morgan fingerprint density at radius 2 is 1.79 bits per heavy atom. The molecule has 4 N–H and O–H groups in total. The van der Waals surface area contributed by atoms with Gasteiger partial charge in [-0.25, -0.2) is 4.98 Å².